The molecule has 0 aromatic heterocycles. The van der Waals surface area contributed by atoms with Crippen LogP contribution >= 0.6 is 34.8 Å². The van der Waals surface area contributed by atoms with Crippen molar-refractivity contribution in [3.8, 4) is 0 Å². The normalized spacial score (nSPS) is 16.1. The second kappa shape index (κ2) is 12.5. The molecule has 2 N–H and O–H groups in total. The van der Waals surface area contributed by atoms with E-state index >= 15 is 0 Å². The van der Waals surface area contributed by atoms with Gasteiger partial charge in [0.05, 0.1) is 16.6 Å². The highest BCUT2D eigenvalue weighted by molar-refractivity contribution is 6.42. The molecule has 1 heterocycles. The van der Waals surface area contributed by atoms with Crippen molar-refractivity contribution in [2.75, 3.05) is 31.5 Å². The van der Waals surface area contributed by atoms with E-state index in [2.05, 4.69) is 10.6 Å². The van der Waals surface area contributed by atoms with E-state index in [-0.39, 0.29) is 37.4 Å². The summed E-state index contributed by atoms with van der Waals surface area (Å²) in [5.74, 6) is -0.599. The number of piperazine rings is 1. The number of urea groups is 1. The molecule has 3 aromatic rings. The van der Waals surface area contributed by atoms with Gasteiger partial charge in [-0.25, -0.2) is 4.79 Å². The van der Waals surface area contributed by atoms with Gasteiger partial charge in [0, 0.05) is 35.9 Å². The maximum atomic E-state index is 13.4. The van der Waals surface area contributed by atoms with Crippen molar-refractivity contribution in [1.82, 2.24) is 15.1 Å². The SMILES string of the molecule is CC(CNC(=O)C1CN(C(=O)Nc2ccc(Cl)c(Cl)c2)CCN1C(=O)c1cccc(Cl)c1)c1ccccc1. The van der Waals surface area contributed by atoms with E-state index in [4.69, 9.17) is 34.8 Å². The van der Waals surface area contributed by atoms with Crippen LogP contribution in [0.4, 0.5) is 10.5 Å². The Morgan fingerprint density at radius 3 is 2.39 bits per heavy atom. The van der Waals surface area contributed by atoms with E-state index in [0.717, 1.165) is 5.56 Å². The lowest BCUT2D eigenvalue weighted by Crippen LogP contribution is -2.62. The second-order valence-electron chi connectivity index (χ2n) is 9.09. The smallest absolute Gasteiger partial charge is 0.321 e. The van der Waals surface area contributed by atoms with Gasteiger partial charge in [-0.2, -0.15) is 0 Å². The average Bonchev–Trinajstić information content (AvgIpc) is 2.93. The summed E-state index contributed by atoms with van der Waals surface area (Å²) in [6, 6.07) is 19.9. The Kier molecular flexibility index (Phi) is 9.15. The molecule has 1 aliphatic heterocycles. The number of rotatable bonds is 6. The molecule has 1 fully saturated rings. The molecular weight excluding hydrogens is 547 g/mol. The van der Waals surface area contributed by atoms with Crippen molar-refractivity contribution in [2.45, 2.75) is 18.9 Å². The summed E-state index contributed by atoms with van der Waals surface area (Å²) in [7, 11) is 0. The lowest BCUT2D eigenvalue weighted by Gasteiger charge is -2.40. The van der Waals surface area contributed by atoms with Crippen LogP contribution in [0.15, 0.2) is 72.8 Å². The van der Waals surface area contributed by atoms with Crippen LogP contribution in [-0.2, 0) is 4.79 Å². The Morgan fingerprint density at radius 2 is 1.68 bits per heavy atom. The number of nitrogens with zero attached hydrogens (tertiary/aromatic N) is 2. The standard InChI is InChI=1S/C28H27Cl3N4O3/c1-18(19-6-3-2-4-7-19)16-32-26(36)25-17-34(28(38)33-22-10-11-23(30)24(31)15-22)12-13-35(25)27(37)20-8-5-9-21(29)14-20/h2-11,14-15,18,25H,12-13,16-17H2,1H3,(H,32,36)(H,33,38). The van der Waals surface area contributed by atoms with Gasteiger partial charge in [-0.15, -0.1) is 0 Å². The third-order valence-corrected chi connectivity index (χ3v) is 7.40. The van der Waals surface area contributed by atoms with Crippen molar-refractivity contribution < 1.29 is 14.4 Å². The highest BCUT2D eigenvalue weighted by atomic mass is 35.5. The van der Waals surface area contributed by atoms with E-state index in [1.54, 1.807) is 42.5 Å². The van der Waals surface area contributed by atoms with Crippen molar-refractivity contribution >= 4 is 58.3 Å². The van der Waals surface area contributed by atoms with Gasteiger partial charge < -0.3 is 20.4 Å². The van der Waals surface area contributed by atoms with Crippen molar-refractivity contribution in [3.05, 3.63) is 99.0 Å². The molecule has 1 saturated heterocycles. The maximum Gasteiger partial charge on any atom is 0.321 e. The average molecular weight is 574 g/mol. The van der Waals surface area contributed by atoms with Crippen LogP contribution < -0.4 is 10.6 Å². The van der Waals surface area contributed by atoms with E-state index in [9.17, 15) is 14.4 Å². The number of amides is 4. The molecule has 1 aliphatic rings. The number of nitrogens with one attached hydrogen (secondary N) is 2. The highest BCUT2D eigenvalue weighted by Gasteiger charge is 2.37. The van der Waals surface area contributed by atoms with Crippen LogP contribution in [-0.4, -0.2) is 59.9 Å². The molecule has 4 amide bonds. The fourth-order valence-corrected chi connectivity index (χ4v) is 4.76. The molecule has 4 rings (SSSR count). The third-order valence-electron chi connectivity index (χ3n) is 6.42. The monoisotopic (exact) mass is 572 g/mol. The van der Waals surface area contributed by atoms with Crippen molar-refractivity contribution in [1.29, 1.82) is 0 Å². The Hall–Kier alpha value is -3.26. The largest absolute Gasteiger partial charge is 0.354 e. The van der Waals surface area contributed by atoms with Gasteiger partial charge in [0.1, 0.15) is 6.04 Å². The van der Waals surface area contributed by atoms with Gasteiger partial charge in [-0.3, -0.25) is 9.59 Å². The van der Waals surface area contributed by atoms with Gasteiger partial charge >= 0.3 is 6.03 Å². The highest BCUT2D eigenvalue weighted by Crippen LogP contribution is 2.26. The Balaban J connectivity index is 1.50. The first-order chi connectivity index (χ1) is 18.2. The number of hydrogen-bond donors (Lipinski definition) is 2. The molecule has 2 atom stereocenters. The zero-order valence-corrected chi connectivity index (χ0v) is 22.9. The van der Waals surface area contributed by atoms with Gasteiger partial charge in [-0.1, -0.05) is 78.1 Å². The van der Waals surface area contributed by atoms with Crippen molar-refractivity contribution in [2.24, 2.45) is 0 Å². The lowest BCUT2D eigenvalue weighted by molar-refractivity contribution is -0.127. The molecule has 0 spiro atoms. The quantitative estimate of drug-likeness (QED) is 0.384. The molecule has 7 nitrogen and oxygen atoms in total. The predicted molar refractivity (Wildman–Crippen MR) is 151 cm³/mol. The molecule has 10 heteroatoms. The summed E-state index contributed by atoms with van der Waals surface area (Å²) in [5, 5.41) is 6.87. The molecule has 198 valence electrons. The number of halogens is 3. The van der Waals surface area contributed by atoms with E-state index in [1.807, 2.05) is 37.3 Å². The molecule has 2 unspecified atom stereocenters. The zero-order chi connectivity index (χ0) is 27.2. The van der Waals surface area contributed by atoms with Crippen molar-refractivity contribution in [3.63, 3.8) is 0 Å². The molecule has 0 saturated carbocycles. The molecule has 0 aliphatic carbocycles. The third kappa shape index (κ3) is 6.78. The van der Waals surface area contributed by atoms with E-state index < -0.39 is 12.1 Å². The number of hydrogen-bond acceptors (Lipinski definition) is 3. The number of anilines is 1. The van der Waals surface area contributed by atoms with Crippen LogP contribution in [0, 0.1) is 0 Å². The van der Waals surface area contributed by atoms with E-state index in [0.29, 0.717) is 32.9 Å². The molecule has 0 bridgehead atoms. The number of benzene rings is 3. The molecular formula is C28H27Cl3N4O3. The topological polar surface area (TPSA) is 81.8 Å². The first-order valence-corrected chi connectivity index (χ1v) is 13.3. The van der Waals surface area contributed by atoms with Crippen LogP contribution in [0.5, 0.6) is 0 Å². The minimum atomic E-state index is -0.891. The zero-order valence-electron chi connectivity index (χ0n) is 20.7. The molecule has 0 radical (unpaired) electrons. The summed E-state index contributed by atoms with van der Waals surface area (Å²) in [5.41, 5.74) is 1.94. The Morgan fingerprint density at radius 1 is 0.921 bits per heavy atom. The summed E-state index contributed by atoms with van der Waals surface area (Å²) in [6.45, 7) is 2.83. The van der Waals surface area contributed by atoms with Gasteiger partial charge in [0.15, 0.2) is 0 Å². The fraction of sp³-hybridized carbons (Fsp3) is 0.250. The number of carbonyl (C=O) groups is 3. The Labute approximate surface area is 236 Å². The number of carbonyl (C=O) groups excluding carboxylic acids is 3. The Bertz CT molecular complexity index is 1320. The fourth-order valence-electron chi connectivity index (χ4n) is 4.27. The minimum absolute atomic E-state index is 0.0189. The maximum absolute atomic E-state index is 13.4. The van der Waals surface area contributed by atoms with Gasteiger partial charge in [0.25, 0.3) is 5.91 Å². The molecule has 3 aromatic carbocycles. The van der Waals surface area contributed by atoms with Crippen LogP contribution in [0.2, 0.25) is 15.1 Å². The van der Waals surface area contributed by atoms with Crippen LogP contribution in [0.25, 0.3) is 0 Å². The first kappa shape index (κ1) is 27.8. The van der Waals surface area contributed by atoms with Gasteiger partial charge in [0.2, 0.25) is 5.91 Å². The lowest BCUT2D eigenvalue weighted by atomic mass is 10.0. The summed E-state index contributed by atoms with van der Waals surface area (Å²) in [6.07, 6.45) is 0. The summed E-state index contributed by atoms with van der Waals surface area (Å²) < 4.78 is 0. The van der Waals surface area contributed by atoms with Crippen LogP contribution in [0.3, 0.4) is 0 Å². The van der Waals surface area contributed by atoms with Crippen LogP contribution in [0.1, 0.15) is 28.8 Å². The first-order valence-electron chi connectivity index (χ1n) is 12.1. The van der Waals surface area contributed by atoms with E-state index in [1.165, 1.54) is 9.80 Å². The molecule has 38 heavy (non-hydrogen) atoms. The summed E-state index contributed by atoms with van der Waals surface area (Å²) in [4.78, 5) is 42.9. The predicted octanol–water partition coefficient (Wildman–Crippen LogP) is 5.93. The minimum Gasteiger partial charge on any atom is -0.354 e. The second-order valence-corrected chi connectivity index (χ2v) is 10.3. The summed E-state index contributed by atoms with van der Waals surface area (Å²) >= 11 is 18.1. The van der Waals surface area contributed by atoms with Gasteiger partial charge in [-0.05, 0) is 47.9 Å².